The van der Waals surface area contributed by atoms with Gasteiger partial charge in [-0.05, 0) is 66.6 Å². The van der Waals surface area contributed by atoms with Gasteiger partial charge < -0.3 is 10.2 Å². The number of ketones is 1. The van der Waals surface area contributed by atoms with Gasteiger partial charge in [0, 0.05) is 28.9 Å². The Balaban J connectivity index is 1.67. The van der Waals surface area contributed by atoms with Crippen LogP contribution in [0.4, 0.5) is 11.4 Å². The highest BCUT2D eigenvalue weighted by Crippen LogP contribution is 2.49. The Morgan fingerprint density at radius 2 is 1.77 bits per heavy atom. The first kappa shape index (κ1) is 24.9. The van der Waals surface area contributed by atoms with E-state index in [1.54, 1.807) is 6.92 Å². The second-order valence-electron chi connectivity index (χ2n) is 9.64. The first-order chi connectivity index (χ1) is 16.6. The van der Waals surface area contributed by atoms with E-state index in [0.717, 1.165) is 11.4 Å². The maximum Gasteiger partial charge on any atom is 0.264 e. The average molecular weight is 493 g/mol. The summed E-state index contributed by atoms with van der Waals surface area (Å²) in [5, 5.41) is 5.69. The Labute approximate surface area is 207 Å². The minimum absolute atomic E-state index is 0.00188. The molecule has 0 saturated carbocycles. The summed E-state index contributed by atoms with van der Waals surface area (Å²) in [6.45, 7) is 6.67. The Morgan fingerprint density at radius 1 is 1.06 bits per heavy atom. The zero-order valence-corrected chi connectivity index (χ0v) is 21.2. The van der Waals surface area contributed by atoms with Gasteiger partial charge >= 0.3 is 0 Å². The van der Waals surface area contributed by atoms with Crippen molar-refractivity contribution in [1.29, 1.82) is 0 Å². The molecular weight excluding hydrogens is 460 g/mol. The molecule has 1 aliphatic rings. The van der Waals surface area contributed by atoms with Crippen LogP contribution in [0.3, 0.4) is 0 Å². The number of unbranched alkanes of at least 4 members (excludes halogenated alkanes) is 1. The van der Waals surface area contributed by atoms with Crippen LogP contribution in [0.1, 0.15) is 49.5 Å². The number of Topliss-reactive ketones (excluding diaryl/α,β-unsaturated/α-hetero) is 1. The van der Waals surface area contributed by atoms with Crippen LogP contribution in [0.15, 0.2) is 72.9 Å². The van der Waals surface area contributed by atoms with Crippen molar-refractivity contribution < 1.29 is 17.8 Å². The molecular formula is C28H32N2O4S. The summed E-state index contributed by atoms with van der Waals surface area (Å²) >= 11 is 0. The monoisotopic (exact) mass is 492 g/mol. The maximum absolute atomic E-state index is 12.0. The number of hydrogen-bond donors (Lipinski definition) is 2. The molecule has 1 atom stereocenters. The fraction of sp³-hybridized carbons (Fsp3) is 0.321. The lowest BCUT2D eigenvalue weighted by molar-refractivity contribution is 0.101. The van der Waals surface area contributed by atoms with Crippen LogP contribution in [0.2, 0.25) is 0 Å². The summed E-state index contributed by atoms with van der Waals surface area (Å²) in [5.41, 5.74) is 3.58. The van der Waals surface area contributed by atoms with Crippen molar-refractivity contribution in [2.75, 3.05) is 22.5 Å². The summed E-state index contributed by atoms with van der Waals surface area (Å²) in [4.78, 5) is 14.3. The number of benzene rings is 3. The van der Waals surface area contributed by atoms with Gasteiger partial charge in [0.1, 0.15) is 0 Å². The zero-order valence-electron chi connectivity index (χ0n) is 20.4. The molecule has 7 heteroatoms. The molecule has 3 aromatic rings. The minimum atomic E-state index is -3.97. The summed E-state index contributed by atoms with van der Waals surface area (Å²) in [7, 11) is -3.97. The molecule has 184 valence electrons. The second kappa shape index (κ2) is 9.84. The van der Waals surface area contributed by atoms with E-state index in [0.29, 0.717) is 24.9 Å². The Hall–Kier alpha value is -3.16. The maximum atomic E-state index is 12.0. The summed E-state index contributed by atoms with van der Waals surface area (Å²) in [6, 6.07) is 20.1. The molecule has 0 radical (unpaired) electrons. The van der Waals surface area contributed by atoms with Gasteiger partial charge in [-0.3, -0.25) is 9.35 Å². The van der Waals surface area contributed by atoms with E-state index in [-0.39, 0.29) is 23.0 Å². The quantitative estimate of drug-likeness (QED) is 0.223. The molecule has 35 heavy (non-hydrogen) atoms. The van der Waals surface area contributed by atoms with Crippen LogP contribution >= 0.6 is 0 Å². The highest BCUT2D eigenvalue weighted by atomic mass is 32.2. The summed E-state index contributed by atoms with van der Waals surface area (Å²) < 4.78 is 31.5. The van der Waals surface area contributed by atoms with E-state index in [1.165, 1.54) is 16.3 Å². The number of nitrogens with one attached hydrogen (secondary N) is 1. The van der Waals surface area contributed by atoms with E-state index in [2.05, 4.69) is 60.5 Å². The second-order valence-corrected chi connectivity index (χ2v) is 11.2. The lowest BCUT2D eigenvalue weighted by Crippen LogP contribution is -2.40. The Kier molecular flexibility index (Phi) is 7.01. The van der Waals surface area contributed by atoms with Crippen LogP contribution in [-0.4, -0.2) is 37.1 Å². The number of nitrogens with zero attached hydrogens (tertiary/aromatic N) is 1. The van der Waals surface area contributed by atoms with Crippen LogP contribution < -0.4 is 10.2 Å². The predicted molar refractivity (Wildman–Crippen MR) is 143 cm³/mol. The van der Waals surface area contributed by atoms with E-state index < -0.39 is 10.1 Å². The van der Waals surface area contributed by atoms with Gasteiger partial charge in [0.25, 0.3) is 10.1 Å². The molecule has 6 nitrogen and oxygen atoms in total. The molecule has 0 saturated heterocycles. The minimum Gasteiger partial charge on any atom is -0.364 e. The van der Waals surface area contributed by atoms with Gasteiger partial charge in [-0.25, -0.2) is 0 Å². The van der Waals surface area contributed by atoms with E-state index >= 15 is 0 Å². The fourth-order valence-electron chi connectivity index (χ4n) is 5.18. The number of para-hydroxylation sites is 1. The number of anilines is 2. The van der Waals surface area contributed by atoms with Gasteiger partial charge in [0.15, 0.2) is 5.78 Å². The molecule has 0 fully saturated rings. The van der Waals surface area contributed by atoms with Gasteiger partial charge in [0.05, 0.1) is 11.8 Å². The normalized spacial score (nSPS) is 17.1. The largest absolute Gasteiger partial charge is 0.364 e. The van der Waals surface area contributed by atoms with Crippen molar-refractivity contribution in [3.63, 3.8) is 0 Å². The number of carbonyl (C=O) groups excluding carboxylic acids is 1. The van der Waals surface area contributed by atoms with Crippen molar-refractivity contribution in [3.8, 4) is 0 Å². The van der Waals surface area contributed by atoms with Crippen LogP contribution in [0.25, 0.3) is 10.8 Å². The smallest absolute Gasteiger partial charge is 0.264 e. The van der Waals surface area contributed by atoms with Crippen molar-refractivity contribution in [3.05, 3.63) is 84.1 Å². The Bertz CT molecular complexity index is 1380. The third kappa shape index (κ3) is 5.26. The number of carbonyl (C=O) groups is 1. The highest BCUT2D eigenvalue weighted by Gasteiger charge is 2.44. The summed E-state index contributed by atoms with van der Waals surface area (Å²) in [5.74, 6) is -0.236. The number of rotatable bonds is 9. The summed E-state index contributed by atoms with van der Waals surface area (Å²) in [6.07, 6.45) is 5.04. The first-order valence-electron chi connectivity index (χ1n) is 11.9. The molecule has 0 amide bonds. The topological polar surface area (TPSA) is 86.7 Å². The Morgan fingerprint density at radius 3 is 2.51 bits per heavy atom. The highest BCUT2D eigenvalue weighted by molar-refractivity contribution is 7.85. The van der Waals surface area contributed by atoms with Crippen molar-refractivity contribution in [2.45, 2.75) is 45.1 Å². The average Bonchev–Trinajstić information content (AvgIpc) is 3.02. The van der Waals surface area contributed by atoms with E-state index in [9.17, 15) is 13.2 Å². The molecule has 0 bridgehead atoms. The third-order valence-electron chi connectivity index (χ3n) is 6.81. The molecule has 0 spiro atoms. The van der Waals surface area contributed by atoms with Gasteiger partial charge in [-0.2, -0.15) is 8.42 Å². The first-order valence-corrected chi connectivity index (χ1v) is 13.5. The van der Waals surface area contributed by atoms with Crippen LogP contribution in [-0.2, 0) is 15.5 Å². The number of fused-ring (bicyclic) bond motifs is 3. The predicted octanol–water partition coefficient (Wildman–Crippen LogP) is 5.80. The van der Waals surface area contributed by atoms with Gasteiger partial charge in [0.2, 0.25) is 0 Å². The molecule has 0 aliphatic carbocycles. The van der Waals surface area contributed by atoms with Gasteiger partial charge in [-0.1, -0.05) is 56.3 Å². The van der Waals surface area contributed by atoms with Crippen molar-refractivity contribution >= 4 is 38.0 Å². The third-order valence-corrected chi connectivity index (χ3v) is 7.62. The van der Waals surface area contributed by atoms with Crippen LogP contribution in [0, 0.1) is 0 Å². The SMILES string of the molecule is CC(=O)c1ccccc1NC=CC1N(CCCCS(=O)(=O)O)c2ccc3ccccc3c2C1(C)C. The zero-order chi connectivity index (χ0) is 25.2. The molecule has 3 aromatic carbocycles. The standard InChI is InChI=1S/C28H32N2O4S/c1-20(31)22-11-6-7-13-24(22)29-17-16-26-28(2,3)27-23-12-5-4-10-21(23)14-15-25(27)30(26)18-8-9-19-35(32,33)34/h4-7,10-17,26,29H,8-9,18-19H2,1-3H3,(H,32,33,34). The van der Waals surface area contributed by atoms with E-state index in [1.807, 2.05) is 36.5 Å². The molecule has 4 rings (SSSR count). The molecule has 2 N–H and O–H groups in total. The number of hydrogen-bond acceptors (Lipinski definition) is 5. The van der Waals surface area contributed by atoms with Crippen molar-refractivity contribution in [1.82, 2.24) is 0 Å². The lowest BCUT2D eigenvalue weighted by atomic mass is 9.78. The molecule has 1 aliphatic heterocycles. The molecule has 1 heterocycles. The fourth-order valence-corrected chi connectivity index (χ4v) is 5.75. The molecule has 1 unspecified atom stereocenters. The van der Waals surface area contributed by atoms with Crippen LogP contribution in [0.5, 0.6) is 0 Å². The van der Waals surface area contributed by atoms with E-state index in [4.69, 9.17) is 4.55 Å². The lowest BCUT2D eigenvalue weighted by Gasteiger charge is -2.32. The van der Waals surface area contributed by atoms with Gasteiger partial charge in [-0.15, -0.1) is 0 Å². The van der Waals surface area contributed by atoms with Crippen molar-refractivity contribution in [2.24, 2.45) is 0 Å². The molecule has 0 aromatic heterocycles.